The molecule has 0 radical (unpaired) electrons. The van der Waals surface area contributed by atoms with Crippen LogP contribution < -0.4 is 16.0 Å². The number of para-hydroxylation sites is 1. The molecule has 6 nitrogen and oxygen atoms in total. The molecule has 29 heavy (non-hydrogen) atoms. The molecule has 2 atom stereocenters. The zero-order valence-corrected chi connectivity index (χ0v) is 18.0. The maximum Gasteiger partial charge on any atom is 0.262 e. The summed E-state index contributed by atoms with van der Waals surface area (Å²) >= 11 is 0. The molecule has 0 aromatic heterocycles. The molecule has 0 bridgehead atoms. The number of nitrogens with zero attached hydrogens (tertiary/aromatic N) is 1. The van der Waals surface area contributed by atoms with E-state index in [1.807, 2.05) is 49.1 Å². The molecule has 2 amide bonds. The van der Waals surface area contributed by atoms with Crippen LogP contribution in [0, 0.1) is 5.92 Å². The van der Waals surface area contributed by atoms with Crippen LogP contribution in [-0.4, -0.2) is 34.2 Å². The van der Waals surface area contributed by atoms with Gasteiger partial charge in [-0.15, -0.1) is 0 Å². The lowest BCUT2D eigenvalue weighted by atomic mass is 9.64. The number of hydrogen-bond acceptors (Lipinski definition) is 4. The monoisotopic (exact) mass is 399 g/mol. The van der Waals surface area contributed by atoms with Crippen LogP contribution in [0.25, 0.3) is 0 Å². The molecule has 4 rings (SSSR count). The van der Waals surface area contributed by atoms with Gasteiger partial charge in [0.25, 0.3) is 5.91 Å². The quantitative estimate of drug-likeness (QED) is 0.800. The number of hydrogen-bond donors (Lipinski definition) is 2. The fourth-order valence-electron chi connectivity index (χ4n) is 6.37. The van der Waals surface area contributed by atoms with Gasteiger partial charge in [-0.25, -0.2) is 0 Å². The largest absolute Gasteiger partial charge is 0.369 e. The minimum absolute atomic E-state index is 0.128. The van der Waals surface area contributed by atoms with E-state index in [4.69, 9.17) is 10.5 Å². The summed E-state index contributed by atoms with van der Waals surface area (Å²) in [6.07, 6.45) is 5.08. The smallest absolute Gasteiger partial charge is 0.262 e. The highest BCUT2D eigenvalue weighted by molar-refractivity contribution is 6.06. The van der Waals surface area contributed by atoms with Crippen molar-refractivity contribution in [2.24, 2.45) is 11.7 Å². The fraction of sp³-hybridized carbons (Fsp3) is 0.652. The van der Waals surface area contributed by atoms with Crippen LogP contribution >= 0.6 is 0 Å². The van der Waals surface area contributed by atoms with E-state index in [1.54, 1.807) is 0 Å². The Balaban J connectivity index is 1.90. The van der Waals surface area contributed by atoms with E-state index in [-0.39, 0.29) is 11.4 Å². The van der Waals surface area contributed by atoms with Crippen LogP contribution in [0.2, 0.25) is 0 Å². The van der Waals surface area contributed by atoms with Crippen molar-refractivity contribution >= 4 is 17.5 Å². The topological polar surface area (TPSA) is 84.7 Å². The predicted molar refractivity (Wildman–Crippen MR) is 112 cm³/mol. The third-order valence-corrected chi connectivity index (χ3v) is 6.83. The maximum atomic E-state index is 14.2. The Bertz CT molecular complexity index is 814. The Hall–Kier alpha value is -1.92. The Morgan fingerprint density at radius 2 is 1.72 bits per heavy atom. The van der Waals surface area contributed by atoms with Crippen molar-refractivity contribution in [3.8, 4) is 0 Å². The lowest BCUT2D eigenvalue weighted by Gasteiger charge is -2.54. The van der Waals surface area contributed by atoms with E-state index in [2.05, 4.69) is 19.2 Å². The van der Waals surface area contributed by atoms with E-state index in [1.165, 1.54) is 0 Å². The number of nitrogens with one attached hydrogen (secondary N) is 1. The van der Waals surface area contributed by atoms with Gasteiger partial charge in [-0.05, 0) is 65.5 Å². The summed E-state index contributed by atoms with van der Waals surface area (Å²) in [6.45, 7) is 8.01. The number of amides is 2. The minimum atomic E-state index is -1.27. The molecule has 1 aromatic carbocycles. The number of nitrogens with two attached hydrogens (primary N) is 1. The summed E-state index contributed by atoms with van der Waals surface area (Å²) in [5.41, 5.74) is 3.71. The summed E-state index contributed by atoms with van der Waals surface area (Å²) in [6, 6.07) is 9.72. The highest BCUT2D eigenvalue weighted by Gasteiger charge is 2.70. The van der Waals surface area contributed by atoms with Gasteiger partial charge in [-0.3, -0.25) is 14.5 Å². The van der Waals surface area contributed by atoms with Crippen LogP contribution in [0.5, 0.6) is 0 Å². The van der Waals surface area contributed by atoms with Crippen LogP contribution in [0.3, 0.4) is 0 Å². The zero-order valence-electron chi connectivity index (χ0n) is 18.0. The SMILES string of the molecule is CC1(C)CC2(OC3(CCCCC3)N(c3ccccc3)C2=O)C(C(N)=O)C(C)(C)N1. The first-order valence-corrected chi connectivity index (χ1v) is 10.7. The number of ether oxygens (including phenoxy) is 1. The fourth-order valence-corrected chi connectivity index (χ4v) is 6.37. The predicted octanol–water partition coefficient (Wildman–Crippen LogP) is 3.10. The Morgan fingerprint density at radius 1 is 1.10 bits per heavy atom. The van der Waals surface area contributed by atoms with Gasteiger partial charge in [-0.2, -0.15) is 0 Å². The Kier molecular flexibility index (Phi) is 4.59. The summed E-state index contributed by atoms with van der Waals surface area (Å²) in [5.74, 6) is -1.38. The summed E-state index contributed by atoms with van der Waals surface area (Å²) < 4.78 is 6.88. The Morgan fingerprint density at radius 3 is 2.31 bits per heavy atom. The van der Waals surface area contributed by atoms with E-state index in [0.29, 0.717) is 6.42 Å². The molecule has 2 spiro atoms. The number of carbonyl (C=O) groups excluding carboxylic acids is 2. The van der Waals surface area contributed by atoms with Crippen molar-refractivity contribution in [3.63, 3.8) is 0 Å². The molecule has 3 fully saturated rings. The molecule has 1 aliphatic carbocycles. The van der Waals surface area contributed by atoms with Gasteiger partial charge < -0.3 is 15.8 Å². The third kappa shape index (κ3) is 3.08. The van der Waals surface area contributed by atoms with E-state index >= 15 is 0 Å². The highest BCUT2D eigenvalue weighted by atomic mass is 16.6. The number of anilines is 1. The third-order valence-electron chi connectivity index (χ3n) is 6.83. The van der Waals surface area contributed by atoms with Gasteiger partial charge >= 0.3 is 0 Å². The van der Waals surface area contributed by atoms with E-state index < -0.39 is 28.7 Å². The van der Waals surface area contributed by atoms with Crippen molar-refractivity contribution in [1.29, 1.82) is 0 Å². The number of rotatable bonds is 2. The van der Waals surface area contributed by atoms with Crippen molar-refractivity contribution < 1.29 is 14.3 Å². The van der Waals surface area contributed by atoms with Crippen LogP contribution in [0.15, 0.2) is 30.3 Å². The van der Waals surface area contributed by atoms with Crippen molar-refractivity contribution in [3.05, 3.63) is 30.3 Å². The summed E-state index contributed by atoms with van der Waals surface area (Å²) in [7, 11) is 0. The Labute approximate surface area is 173 Å². The van der Waals surface area contributed by atoms with Crippen molar-refractivity contribution in [1.82, 2.24) is 5.32 Å². The molecular weight excluding hydrogens is 366 g/mol. The first-order valence-electron chi connectivity index (χ1n) is 10.7. The number of primary amides is 1. The van der Waals surface area contributed by atoms with Gasteiger partial charge in [0.15, 0.2) is 5.60 Å². The van der Waals surface area contributed by atoms with Gasteiger partial charge in [0.2, 0.25) is 5.91 Å². The minimum Gasteiger partial charge on any atom is -0.369 e. The van der Waals surface area contributed by atoms with Crippen LogP contribution in [0.1, 0.15) is 66.2 Å². The number of carbonyl (C=O) groups is 2. The number of piperidine rings is 1. The summed E-state index contributed by atoms with van der Waals surface area (Å²) in [5, 5.41) is 3.53. The van der Waals surface area contributed by atoms with Crippen molar-refractivity contribution in [2.75, 3.05) is 4.90 Å². The lowest BCUT2D eigenvalue weighted by Crippen LogP contribution is -2.74. The van der Waals surface area contributed by atoms with Crippen molar-refractivity contribution in [2.45, 2.75) is 88.6 Å². The standard InChI is InChI=1S/C23H33N3O3/c1-20(2)15-23(17(18(24)27)21(3,4)25-20)19(28)26(16-11-7-5-8-12-16)22(29-23)13-9-6-10-14-22/h5,7-8,11-12,17,25H,6,9-10,13-15H2,1-4H3,(H2,24,27). The molecule has 3 N–H and O–H groups in total. The molecule has 2 unspecified atom stereocenters. The van der Waals surface area contributed by atoms with Gasteiger partial charge in [0.1, 0.15) is 5.72 Å². The second-order valence-electron chi connectivity index (χ2n) is 10.2. The van der Waals surface area contributed by atoms with Crippen LogP contribution in [-0.2, 0) is 14.3 Å². The van der Waals surface area contributed by atoms with Gasteiger partial charge in [-0.1, -0.05) is 24.6 Å². The first kappa shape index (κ1) is 20.4. The van der Waals surface area contributed by atoms with Crippen LogP contribution in [0.4, 0.5) is 5.69 Å². The average Bonchev–Trinajstić information content (AvgIpc) is 2.81. The summed E-state index contributed by atoms with van der Waals surface area (Å²) in [4.78, 5) is 28.8. The normalized spacial score (nSPS) is 32.6. The van der Waals surface area contributed by atoms with Gasteiger partial charge in [0.05, 0.1) is 5.92 Å². The second-order valence-corrected chi connectivity index (χ2v) is 10.2. The molecule has 3 aliphatic rings. The number of benzene rings is 1. The second kappa shape index (κ2) is 6.54. The van der Waals surface area contributed by atoms with E-state index in [9.17, 15) is 9.59 Å². The maximum absolute atomic E-state index is 14.2. The molecular formula is C23H33N3O3. The molecule has 1 saturated carbocycles. The lowest BCUT2D eigenvalue weighted by molar-refractivity contribution is -0.191. The molecule has 2 aliphatic heterocycles. The van der Waals surface area contributed by atoms with Gasteiger partial charge in [0, 0.05) is 23.2 Å². The highest BCUT2D eigenvalue weighted by Crippen LogP contribution is 2.55. The first-order chi connectivity index (χ1) is 13.5. The molecule has 2 saturated heterocycles. The molecule has 6 heteroatoms. The van der Waals surface area contributed by atoms with E-state index in [0.717, 1.165) is 37.8 Å². The molecule has 158 valence electrons. The zero-order chi connectivity index (χ0) is 21.1. The molecule has 2 heterocycles. The average molecular weight is 400 g/mol. The molecule has 1 aromatic rings.